The van der Waals surface area contributed by atoms with Crippen LogP contribution in [0.5, 0.6) is 0 Å². The number of aryl methyl sites for hydroxylation is 2. The topological polar surface area (TPSA) is 64.4 Å². The Hall–Kier alpha value is -2.09. The number of hydrogen-bond acceptors (Lipinski definition) is 6. The van der Waals surface area contributed by atoms with Gasteiger partial charge < -0.3 is 15.0 Å². The van der Waals surface area contributed by atoms with Gasteiger partial charge in [0.2, 0.25) is 0 Å². The van der Waals surface area contributed by atoms with Gasteiger partial charge >= 0.3 is 0 Å². The second-order valence-electron chi connectivity index (χ2n) is 7.28. The first kappa shape index (κ1) is 17.0. The SMILES string of the molecule is c1cncc(CNc2nc(C[NH+]3CCOCC3)nc3sc4c(c23)CCC4)c1. The number of rotatable bonds is 5. The maximum atomic E-state index is 5.48. The maximum Gasteiger partial charge on any atom is 0.187 e. The summed E-state index contributed by atoms with van der Waals surface area (Å²) in [7, 11) is 0. The Labute approximate surface area is 162 Å². The van der Waals surface area contributed by atoms with Crippen molar-refractivity contribution in [2.45, 2.75) is 32.4 Å². The number of pyridine rings is 1. The largest absolute Gasteiger partial charge is 0.370 e. The van der Waals surface area contributed by atoms with Gasteiger partial charge in [0.05, 0.1) is 18.6 Å². The Morgan fingerprint density at radius 2 is 2.11 bits per heavy atom. The lowest BCUT2D eigenvalue weighted by Crippen LogP contribution is -3.12. The first-order valence-corrected chi connectivity index (χ1v) is 10.5. The zero-order chi connectivity index (χ0) is 18.1. The minimum absolute atomic E-state index is 0.731. The predicted octanol–water partition coefficient (Wildman–Crippen LogP) is 1.60. The maximum absolute atomic E-state index is 5.48. The van der Waals surface area contributed by atoms with Crippen molar-refractivity contribution < 1.29 is 9.64 Å². The Kier molecular flexibility index (Phi) is 4.73. The molecule has 2 N–H and O–H groups in total. The molecule has 3 aromatic rings. The van der Waals surface area contributed by atoms with Gasteiger partial charge in [-0.2, -0.15) is 0 Å². The highest BCUT2D eigenvalue weighted by Crippen LogP contribution is 2.39. The van der Waals surface area contributed by atoms with Gasteiger partial charge in [-0.25, -0.2) is 9.97 Å². The molecule has 140 valence electrons. The van der Waals surface area contributed by atoms with Crippen LogP contribution in [0.15, 0.2) is 24.5 Å². The van der Waals surface area contributed by atoms with Crippen molar-refractivity contribution in [2.24, 2.45) is 0 Å². The molecule has 0 amide bonds. The number of quaternary nitrogens is 1. The molecule has 0 unspecified atom stereocenters. The molecular formula is C20H24N5OS+. The molecule has 0 atom stereocenters. The van der Waals surface area contributed by atoms with Crippen LogP contribution < -0.4 is 10.2 Å². The van der Waals surface area contributed by atoms with Crippen molar-refractivity contribution in [3.05, 3.63) is 46.4 Å². The van der Waals surface area contributed by atoms with Crippen LogP contribution in [0.4, 0.5) is 5.82 Å². The smallest absolute Gasteiger partial charge is 0.187 e. The summed E-state index contributed by atoms with van der Waals surface area (Å²) in [5.41, 5.74) is 2.63. The zero-order valence-corrected chi connectivity index (χ0v) is 16.1. The number of aromatic nitrogens is 3. The summed E-state index contributed by atoms with van der Waals surface area (Å²) in [5.74, 6) is 1.93. The van der Waals surface area contributed by atoms with Gasteiger partial charge in [-0.15, -0.1) is 11.3 Å². The lowest BCUT2D eigenvalue weighted by Gasteiger charge is -2.23. The van der Waals surface area contributed by atoms with Crippen molar-refractivity contribution in [3.8, 4) is 0 Å². The van der Waals surface area contributed by atoms with E-state index in [-0.39, 0.29) is 0 Å². The molecule has 1 saturated heterocycles. The lowest BCUT2D eigenvalue weighted by molar-refractivity contribution is -0.922. The minimum Gasteiger partial charge on any atom is -0.370 e. The molecule has 1 aliphatic carbocycles. The van der Waals surface area contributed by atoms with Crippen LogP contribution >= 0.6 is 11.3 Å². The molecule has 7 heteroatoms. The Morgan fingerprint density at radius 1 is 1.19 bits per heavy atom. The van der Waals surface area contributed by atoms with Crippen LogP contribution in [0.1, 0.15) is 28.2 Å². The number of ether oxygens (including phenoxy) is 1. The van der Waals surface area contributed by atoms with Crippen molar-refractivity contribution in [1.82, 2.24) is 15.0 Å². The molecule has 5 rings (SSSR count). The highest BCUT2D eigenvalue weighted by Gasteiger charge is 2.24. The van der Waals surface area contributed by atoms with Crippen molar-refractivity contribution in [2.75, 3.05) is 31.6 Å². The van der Waals surface area contributed by atoms with Crippen molar-refractivity contribution in [3.63, 3.8) is 0 Å². The summed E-state index contributed by atoms with van der Waals surface area (Å²) >= 11 is 1.86. The van der Waals surface area contributed by atoms with E-state index < -0.39 is 0 Å². The lowest BCUT2D eigenvalue weighted by atomic mass is 10.2. The third kappa shape index (κ3) is 3.54. The second kappa shape index (κ2) is 7.50. The standard InChI is InChI=1S/C20H23N5OS/c1-4-15-16(5-1)27-20-18(15)19(22-12-14-3-2-6-21-11-14)23-17(24-20)13-25-7-9-26-10-8-25/h2-3,6,11H,1,4-5,7-10,12-13H2,(H,22,23,24)/p+1. The molecule has 0 spiro atoms. The Morgan fingerprint density at radius 3 is 2.96 bits per heavy atom. The fourth-order valence-electron chi connectivity index (χ4n) is 4.00. The summed E-state index contributed by atoms with van der Waals surface area (Å²) in [5, 5.41) is 4.83. The molecule has 1 fully saturated rings. The highest BCUT2D eigenvalue weighted by molar-refractivity contribution is 7.19. The second-order valence-corrected chi connectivity index (χ2v) is 8.36. The summed E-state index contributed by atoms with van der Waals surface area (Å²) in [6.45, 7) is 5.31. The summed E-state index contributed by atoms with van der Waals surface area (Å²) in [6.07, 6.45) is 7.29. The normalized spacial score (nSPS) is 17.3. The molecule has 2 aliphatic rings. The van der Waals surface area contributed by atoms with Crippen LogP contribution in [0.3, 0.4) is 0 Å². The fraction of sp³-hybridized carbons (Fsp3) is 0.450. The molecule has 6 nitrogen and oxygen atoms in total. The number of fused-ring (bicyclic) bond motifs is 3. The molecule has 0 saturated carbocycles. The molecule has 0 aromatic carbocycles. The Bertz CT molecular complexity index is 936. The van der Waals surface area contributed by atoms with Crippen LogP contribution in [0.2, 0.25) is 0 Å². The van der Waals surface area contributed by atoms with Gasteiger partial charge in [-0.1, -0.05) is 6.07 Å². The average Bonchev–Trinajstić information content (AvgIpc) is 3.28. The molecule has 3 aromatic heterocycles. The molecule has 27 heavy (non-hydrogen) atoms. The number of nitrogens with zero attached hydrogens (tertiary/aromatic N) is 3. The number of hydrogen-bond donors (Lipinski definition) is 2. The predicted molar refractivity (Wildman–Crippen MR) is 106 cm³/mol. The van der Waals surface area contributed by atoms with Gasteiger partial charge in [-0.05, 0) is 36.5 Å². The van der Waals surface area contributed by atoms with Crippen LogP contribution in [-0.4, -0.2) is 41.3 Å². The zero-order valence-electron chi connectivity index (χ0n) is 15.3. The van der Waals surface area contributed by atoms with Crippen LogP contribution in [0, 0.1) is 0 Å². The minimum atomic E-state index is 0.731. The quantitative estimate of drug-likeness (QED) is 0.702. The van der Waals surface area contributed by atoms with E-state index in [1.54, 1.807) is 6.20 Å². The van der Waals surface area contributed by atoms with Gasteiger partial charge in [0, 0.05) is 23.8 Å². The third-order valence-corrected chi connectivity index (χ3v) is 6.59. The number of anilines is 1. The van der Waals surface area contributed by atoms with Gasteiger partial charge in [0.15, 0.2) is 5.82 Å². The van der Waals surface area contributed by atoms with Crippen LogP contribution in [0.25, 0.3) is 10.2 Å². The van der Waals surface area contributed by atoms with Crippen molar-refractivity contribution >= 4 is 27.4 Å². The Balaban J connectivity index is 1.47. The average molecular weight is 383 g/mol. The van der Waals surface area contributed by atoms with E-state index in [2.05, 4.69) is 16.4 Å². The molecule has 1 aliphatic heterocycles. The summed E-state index contributed by atoms with van der Waals surface area (Å²) < 4.78 is 5.48. The highest BCUT2D eigenvalue weighted by atomic mass is 32.1. The van der Waals surface area contributed by atoms with E-state index in [1.165, 1.54) is 33.6 Å². The summed E-state index contributed by atoms with van der Waals surface area (Å²) in [6, 6.07) is 4.07. The number of morpholine rings is 1. The first-order valence-electron chi connectivity index (χ1n) is 9.72. The number of nitrogens with one attached hydrogen (secondary N) is 2. The molecule has 4 heterocycles. The van der Waals surface area contributed by atoms with Crippen molar-refractivity contribution in [1.29, 1.82) is 0 Å². The molecule has 0 bridgehead atoms. The van der Waals surface area contributed by atoms with E-state index in [0.29, 0.717) is 0 Å². The van der Waals surface area contributed by atoms with E-state index in [1.807, 2.05) is 23.6 Å². The molecule has 0 radical (unpaired) electrons. The molecular weight excluding hydrogens is 358 g/mol. The fourth-order valence-corrected chi connectivity index (χ4v) is 5.28. The van der Waals surface area contributed by atoms with Gasteiger partial charge in [0.25, 0.3) is 0 Å². The van der Waals surface area contributed by atoms with E-state index in [9.17, 15) is 0 Å². The van der Waals surface area contributed by atoms with E-state index >= 15 is 0 Å². The first-order chi connectivity index (χ1) is 13.4. The monoisotopic (exact) mass is 382 g/mol. The van der Waals surface area contributed by atoms with E-state index in [4.69, 9.17) is 14.7 Å². The van der Waals surface area contributed by atoms with Gasteiger partial charge in [0.1, 0.15) is 30.3 Å². The van der Waals surface area contributed by atoms with Crippen LogP contribution in [-0.2, 0) is 30.7 Å². The van der Waals surface area contributed by atoms with E-state index in [0.717, 1.165) is 67.8 Å². The number of thiophene rings is 1. The summed E-state index contributed by atoms with van der Waals surface area (Å²) in [4.78, 5) is 18.3. The van der Waals surface area contributed by atoms with Gasteiger partial charge in [-0.3, -0.25) is 4.98 Å². The third-order valence-electron chi connectivity index (χ3n) is 5.40.